The Bertz CT molecular complexity index is 463. The van der Waals surface area contributed by atoms with E-state index in [0.717, 1.165) is 30.0 Å². The fraction of sp³-hybridized carbons (Fsp3) is 0.667. The van der Waals surface area contributed by atoms with Crippen LogP contribution >= 0.6 is 0 Å². The number of methoxy groups -OCH3 is 1. The second kappa shape index (κ2) is 5.40. The minimum Gasteiger partial charge on any atom is -0.496 e. The molecular weight excluding hydrogens is 246 g/mol. The standard InChI is InChI=1S/C18H27NO/c1-5-19-17(16-14-7-6-8-15(14)16)13-9-11(2)18(20-4)12(3)10-13/h9-10,14-17,19H,5-8H2,1-4H3. The zero-order valence-electron chi connectivity index (χ0n) is 13.2. The van der Waals surface area contributed by atoms with Crippen LogP contribution in [0, 0.1) is 31.6 Å². The van der Waals surface area contributed by atoms with Gasteiger partial charge in [-0.2, -0.15) is 0 Å². The van der Waals surface area contributed by atoms with E-state index in [4.69, 9.17) is 4.74 Å². The summed E-state index contributed by atoms with van der Waals surface area (Å²) >= 11 is 0. The Balaban J connectivity index is 1.88. The average molecular weight is 273 g/mol. The SMILES string of the molecule is CCNC(c1cc(C)c(OC)c(C)c1)C1C2CCCC21. The highest BCUT2D eigenvalue weighted by molar-refractivity contribution is 5.44. The molecule has 0 heterocycles. The third-order valence-corrected chi connectivity index (χ3v) is 5.33. The Morgan fingerprint density at radius 3 is 2.30 bits per heavy atom. The third kappa shape index (κ3) is 2.24. The third-order valence-electron chi connectivity index (χ3n) is 5.33. The Hall–Kier alpha value is -1.02. The van der Waals surface area contributed by atoms with Crippen molar-refractivity contribution in [2.75, 3.05) is 13.7 Å². The van der Waals surface area contributed by atoms with E-state index in [1.807, 2.05) is 0 Å². The molecule has 110 valence electrons. The first-order chi connectivity index (χ1) is 9.67. The lowest BCUT2D eigenvalue weighted by atomic mass is 9.93. The first kappa shape index (κ1) is 13.9. The largest absolute Gasteiger partial charge is 0.496 e. The summed E-state index contributed by atoms with van der Waals surface area (Å²) < 4.78 is 5.50. The van der Waals surface area contributed by atoms with Crippen molar-refractivity contribution >= 4 is 0 Å². The second-order valence-corrected chi connectivity index (χ2v) is 6.56. The summed E-state index contributed by atoms with van der Waals surface area (Å²) in [6.07, 6.45) is 4.35. The number of hydrogen-bond acceptors (Lipinski definition) is 2. The van der Waals surface area contributed by atoms with Crippen LogP contribution in [-0.2, 0) is 0 Å². The Morgan fingerprint density at radius 2 is 1.80 bits per heavy atom. The van der Waals surface area contributed by atoms with E-state index in [2.05, 4.69) is 38.2 Å². The van der Waals surface area contributed by atoms with Gasteiger partial charge in [0.1, 0.15) is 5.75 Å². The van der Waals surface area contributed by atoms with Gasteiger partial charge in [0.2, 0.25) is 0 Å². The van der Waals surface area contributed by atoms with Gasteiger partial charge in [-0.1, -0.05) is 25.5 Å². The molecule has 2 aliphatic carbocycles. The van der Waals surface area contributed by atoms with Gasteiger partial charge in [-0.25, -0.2) is 0 Å². The first-order valence-corrected chi connectivity index (χ1v) is 8.05. The zero-order chi connectivity index (χ0) is 14.3. The number of ether oxygens (including phenoxy) is 1. The van der Waals surface area contributed by atoms with E-state index in [0.29, 0.717) is 6.04 Å². The van der Waals surface area contributed by atoms with Crippen LogP contribution in [0.2, 0.25) is 0 Å². The van der Waals surface area contributed by atoms with E-state index in [1.54, 1.807) is 7.11 Å². The minimum atomic E-state index is 0.540. The maximum absolute atomic E-state index is 5.50. The van der Waals surface area contributed by atoms with Crippen molar-refractivity contribution in [3.63, 3.8) is 0 Å². The van der Waals surface area contributed by atoms with Crippen LogP contribution in [-0.4, -0.2) is 13.7 Å². The number of nitrogens with one attached hydrogen (secondary N) is 1. The molecule has 0 saturated heterocycles. The summed E-state index contributed by atoms with van der Waals surface area (Å²) in [5, 5.41) is 3.74. The highest BCUT2D eigenvalue weighted by Crippen LogP contribution is 2.62. The lowest BCUT2D eigenvalue weighted by Gasteiger charge is -2.22. The van der Waals surface area contributed by atoms with Crippen molar-refractivity contribution in [1.29, 1.82) is 0 Å². The molecule has 3 atom stereocenters. The van der Waals surface area contributed by atoms with Gasteiger partial charge in [0, 0.05) is 6.04 Å². The van der Waals surface area contributed by atoms with Gasteiger partial charge >= 0.3 is 0 Å². The molecule has 20 heavy (non-hydrogen) atoms. The molecule has 2 aliphatic rings. The van der Waals surface area contributed by atoms with Crippen LogP contribution in [0.5, 0.6) is 5.75 Å². The molecule has 2 heteroatoms. The summed E-state index contributed by atoms with van der Waals surface area (Å²) in [6.45, 7) is 7.58. The fourth-order valence-corrected chi connectivity index (χ4v) is 4.55. The summed E-state index contributed by atoms with van der Waals surface area (Å²) in [5.41, 5.74) is 3.98. The van der Waals surface area contributed by atoms with E-state index in [-0.39, 0.29) is 0 Å². The summed E-state index contributed by atoms with van der Waals surface area (Å²) in [6, 6.07) is 5.19. The molecule has 0 amide bonds. The molecule has 0 aliphatic heterocycles. The van der Waals surface area contributed by atoms with E-state index >= 15 is 0 Å². The molecule has 1 N–H and O–H groups in total. The molecule has 2 saturated carbocycles. The predicted octanol–water partition coefficient (Wildman–Crippen LogP) is 4.01. The van der Waals surface area contributed by atoms with Gasteiger partial charge in [0.15, 0.2) is 0 Å². The number of aryl methyl sites for hydroxylation is 2. The van der Waals surface area contributed by atoms with Crippen molar-refractivity contribution in [1.82, 2.24) is 5.32 Å². The minimum absolute atomic E-state index is 0.540. The summed E-state index contributed by atoms with van der Waals surface area (Å²) in [7, 11) is 1.77. The quantitative estimate of drug-likeness (QED) is 0.875. The van der Waals surface area contributed by atoms with Crippen LogP contribution in [0.1, 0.15) is 48.9 Å². The van der Waals surface area contributed by atoms with E-state index in [1.165, 1.54) is 36.0 Å². The molecule has 0 bridgehead atoms. The Kier molecular flexibility index (Phi) is 3.76. The van der Waals surface area contributed by atoms with Crippen molar-refractivity contribution in [3.05, 3.63) is 28.8 Å². The number of benzene rings is 1. The normalized spacial score (nSPS) is 29.1. The van der Waals surface area contributed by atoms with Crippen LogP contribution in [0.25, 0.3) is 0 Å². The number of rotatable bonds is 5. The van der Waals surface area contributed by atoms with Crippen LogP contribution in [0.15, 0.2) is 12.1 Å². The van der Waals surface area contributed by atoms with Crippen molar-refractivity contribution < 1.29 is 4.74 Å². The molecule has 2 nitrogen and oxygen atoms in total. The molecule has 3 unspecified atom stereocenters. The fourth-order valence-electron chi connectivity index (χ4n) is 4.55. The number of fused-ring (bicyclic) bond motifs is 1. The Labute approximate surface area is 122 Å². The van der Waals surface area contributed by atoms with Crippen LogP contribution < -0.4 is 10.1 Å². The van der Waals surface area contributed by atoms with Gasteiger partial charge in [-0.3, -0.25) is 0 Å². The highest BCUT2D eigenvalue weighted by atomic mass is 16.5. The lowest BCUT2D eigenvalue weighted by molar-refractivity contribution is 0.404. The molecule has 1 aromatic rings. The van der Waals surface area contributed by atoms with Crippen molar-refractivity contribution in [2.45, 2.75) is 46.1 Å². The first-order valence-electron chi connectivity index (χ1n) is 8.05. The van der Waals surface area contributed by atoms with Gasteiger partial charge in [0.25, 0.3) is 0 Å². The number of hydrogen-bond donors (Lipinski definition) is 1. The average Bonchev–Trinajstić information content (AvgIpc) is 2.87. The summed E-state index contributed by atoms with van der Waals surface area (Å²) in [4.78, 5) is 0. The van der Waals surface area contributed by atoms with Gasteiger partial charge in [-0.15, -0.1) is 0 Å². The molecular formula is C18H27NO. The zero-order valence-corrected chi connectivity index (χ0v) is 13.2. The molecule has 1 aromatic carbocycles. The molecule has 0 radical (unpaired) electrons. The highest BCUT2D eigenvalue weighted by Gasteiger charge is 2.55. The topological polar surface area (TPSA) is 21.3 Å². The van der Waals surface area contributed by atoms with Gasteiger partial charge < -0.3 is 10.1 Å². The predicted molar refractivity (Wildman–Crippen MR) is 83.2 cm³/mol. The second-order valence-electron chi connectivity index (χ2n) is 6.56. The molecule has 3 rings (SSSR count). The smallest absolute Gasteiger partial charge is 0.124 e. The Morgan fingerprint density at radius 1 is 1.20 bits per heavy atom. The van der Waals surface area contributed by atoms with Gasteiger partial charge in [-0.05, 0) is 67.7 Å². The molecule has 0 aromatic heterocycles. The van der Waals surface area contributed by atoms with Crippen molar-refractivity contribution in [3.8, 4) is 5.75 Å². The van der Waals surface area contributed by atoms with Crippen LogP contribution in [0.4, 0.5) is 0 Å². The van der Waals surface area contributed by atoms with Crippen molar-refractivity contribution in [2.24, 2.45) is 17.8 Å². The van der Waals surface area contributed by atoms with E-state index in [9.17, 15) is 0 Å². The lowest BCUT2D eigenvalue weighted by Crippen LogP contribution is -2.24. The summed E-state index contributed by atoms with van der Waals surface area (Å²) in [5.74, 6) is 3.89. The van der Waals surface area contributed by atoms with E-state index < -0.39 is 0 Å². The monoisotopic (exact) mass is 273 g/mol. The maximum atomic E-state index is 5.50. The molecule has 2 fully saturated rings. The van der Waals surface area contributed by atoms with Gasteiger partial charge in [0.05, 0.1) is 7.11 Å². The van der Waals surface area contributed by atoms with Crippen LogP contribution in [0.3, 0.4) is 0 Å². The molecule has 0 spiro atoms. The maximum Gasteiger partial charge on any atom is 0.124 e.